The van der Waals surface area contributed by atoms with Gasteiger partial charge >= 0.3 is 0 Å². The number of anilines is 1. The molecule has 1 saturated carbocycles. The van der Waals surface area contributed by atoms with Gasteiger partial charge in [-0.05, 0) is 59.8 Å². The molecule has 2 atom stereocenters. The van der Waals surface area contributed by atoms with Gasteiger partial charge in [0.15, 0.2) is 0 Å². The Morgan fingerprint density at radius 3 is 2.58 bits per heavy atom. The quantitative estimate of drug-likeness (QED) is 0.652. The summed E-state index contributed by atoms with van der Waals surface area (Å²) in [5.41, 5.74) is 3.49. The topological polar surface area (TPSA) is 35.6 Å². The van der Waals surface area contributed by atoms with Gasteiger partial charge in [0.2, 0.25) is 5.91 Å². The molecule has 3 aromatic carbocycles. The van der Waals surface area contributed by atoms with E-state index in [0.29, 0.717) is 5.92 Å². The summed E-state index contributed by atoms with van der Waals surface area (Å²) in [6.45, 7) is 5.67. The van der Waals surface area contributed by atoms with Gasteiger partial charge in [-0.3, -0.25) is 4.79 Å². The molecule has 1 N–H and O–H groups in total. The van der Waals surface area contributed by atoms with Crippen LogP contribution in [0.4, 0.5) is 5.69 Å². The number of carbonyl (C=O) groups excluding carboxylic acids is 1. The second-order valence-corrected chi connectivity index (χ2v) is 9.14. The Morgan fingerprint density at radius 2 is 1.74 bits per heavy atom. The number of rotatable bonds is 6. The predicted molar refractivity (Wildman–Crippen MR) is 128 cm³/mol. The lowest BCUT2D eigenvalue weighted by Crippen LogP contribution is -2.45. The number of carbonyl (C=O) groups is 1. The van der Waals surface area contributed by atoms with Gasteiger partial charge < -0.3 is 15.1 Å². The van der Waals surface area contributed by atoms with Gasteiger partial charge in [0.05, 0.1) is 0 Å². The van der Waals surface area contributed by atoms with E-state index >= 15 is 0 Å². The normalized spacial score (nSPS) is 21.8. The number of nitrogens with zero attached hydrogens (tertiary/aromatic N) is 2. The first-order chi connectivity index (χ1) is 15.2. The van der Waals surface area contributed by atoms with Crippen LogP contribution in [0.5, 0.6) is 0 Å². The van der Waals surface area contributed by atoms with Crippen molar-refractivity contribution in [2.75, 3.05) is 45.1 Å². The summed E-state index contributed by atoms with van der Waals surface area (Å²) in [6, 6.07) is 23.4. The van der Waals surface area contributed by atoms with Crippen molar-refractivity contribution in [1.82, 2.24) is 9.80 Å². The highest BCUT2D eigenvalue weighted by Crippen LogP contribution is 2.48. The Labute approximate surface area is 184 Å². The van der Waals surface area contributed by atoms with E-state index in [9.17, 15) is 4.79 Å². The van der Waals surface area contributed by atoms with Crippen LogP contribution in [0.1, 0.15) is 23.5 Å². The number of fused-ring (bicyclic) bond motifs is 1. The minimum absolute atomic E-state index is 0.0788. The zero-order valence-corrected chi connectivity index (χ0v) is 18.3. The van der Waals surface area contributed by atoms with Crippen molar-refractivity contribution in [3.8, 4) is 0 Å². The van der Waals surface area contributed by atoms with Gasteiger partial charge in [0.25, 0.3) is 0 Å². The second kappa shape index (κ2) is 8.81. The first kappa shape index (κ1) is 20.2. The van der Waals surface area contributed by atoms with Crippen LogP contribution in [0.3, 0.4) is 0 Å². The van der Waals surface area contributed by atoms with Crippen molar-refractivity contribution in [3.05, 3.63) is 77.9 Å². The van der Waals surface area contributed by atoms with E-state index in [0.717, 1.165) is 51.3 Å². The highest BCUT2D eigenvalue weighted by molar-refractivity contribution is 5.95. The smallest absolute Gasteiger partial charge is 0.228 e. The minimum atomic E-state index is 0.0788. The maximum Gasteiger partial charge on any atom is 0.228 e. The molecule has 0 aromatic heterocycles. The average Bonchev–Trinajstić information content (AvgIpc) is 3.60. The molecule has 4 nitrogen and oxygen atoms in total. The summed E-state index contributed by atoms with van der Waals surface area (Å²) >= 11 is 0. The van der Waals surface area contributed by atoms with E-state index in [-0.39, 0.29) is 11.8 Å². The number of nitrogens with one attached hydrogen (secondary N) is 1. The van der Waals surface area contributed by atoms with Crippen LogP contribution in [-0.4, -0.2) is 55.5 Å². The number of piperazine rings is 1. The van der Waals surface area contributed by atoms with E-state index < -0.39 is 0 Å². The third-order valence-electron chi connectivity index (χ3n) is 6.84. The molecule has 160 valence electrons. The van der Waals surface area contributed by atoms with Crippen LogP contribution < -0.4 is 5.32 Å². The fourth-order valence-corrected chi connectivity index (χ4v) is 4.69. The first-order valence-corrected chi connectivity index (χ1v) is 11.4. The van der Waals surface area contributed by atoms with Crippen molar-refractivity contribution >= 4 is 22.4 Å². The summed E-state index contributed by atoms with van der Waals surface area (Å²) < 4.78 is 0. The third-order valence-corrected chi connectivity index (χ3v) is 6.84. The molecule has 1 saturated heterocycles. The van der Waals surface area contributed by atoms with Crippen LogP contribution in [0.2, 0.25) is 0 Å². The summed E-state index contributed by atoms with van der Waals surface area (Å²) in [5, 5.41) is 5.67. The molecule has 0 bridgehead atoms. The van der Waals surface area contributed by atoms with E-state index in [4.69, 9.17) is 0 Å². The fraction of sp³-hybridized carbons (Fsp3) is 0.370. The molecule has 1 heterocycles. The van der Waals surface area contributed by atoms with Crippen molar-refractivity contribution in [2.45, 2.75) is 18.8 Å². The van der Waals surface area contributed by atoms with Crippen molar-refractivity contribution in [2.24, 2.45) is 5.92 Å². The standard InChI is InChI=1S/C27H31N3O/c1-29-13-15-30(16-14-29)12-11-20-5-4-8-24(17-20)28-27(31)26-19-25(26)23-10-9-21-6-2-3-7-22(21)18-23/h2-10,17-18,25-26H,11-16,19H2,1H3,(H,28,31)/t25-,26-/m0/s1. The van der Waals surface area contributed by atoms with Crippen LogP contribution in [-0.2, 0) is 11.2 Å². The van der Waals surface area contributed by atoms with E-state index in [2.05, 4.69) is 82.8 Å². The maximum absolute atomic E-state index is 12.8. The Hall–Kier alpha value is -2.69. The number of benzene rings is 3. The van der Waals surface area contributed by atoms with Crippen LogP contribution in [0, 0.1) is 5.92 Å². The van der Waals surface area contributed by atoms with Gasteiger partial charge in [-0.15, -0.1) is 0 Å². The molecular formula is C27H31N3O. The number of amides is 1. The van der Waals surface area contributed by atoms with Crippen molar-refractivity contribution in [1.29, 1.82) is 0 Å². The van der Waals surface area contributed by atoms with Crippen molar-refractivity contribution in [3.63, 3.8) is 0 Å². The number of hydrogen-bond acceptors (Lipinski definition) is 3. The van der Waals surface area contributed by atoms with Gasteiger partial charge in [0.1, 0.15) is 0 Å². The molecule has 0 unspecified atom stereocenters. The Bertz CT molecular complexity index is 1070. The molecule has 4 heteroatoms. The summed E-state index contributed by atoms with van der Waals surface area (Å²) in [5.74, 6) is 0.564. The SMILES string of the molecule is CN1CCN(CCc2cccc(NC(=O)[C@H]3C[C@H]3c3ccc4ccccc4c3)c2)CC1. The molecule has 31 heavy (non-hydrogen) atoms. The van der Waals surface area contributed by atoms with Crippen molar-refractivity contribution < 1.29 is 4.79 Å². The predicted octanol–water partition coefficient (Wildman–Crippen LogP) is 4.37. The monoisotopic (exact) mass is 413 g/mol. The molecule has 1 amide bonds. The Kier molecular flexibility index (Phi) is 5.75. The second-order valence-electron chi connectivity index (χ2n) is 9.14. The molecule has 2 aliphatic rings. The first-order valence-electron chi connectivity index (χ1n) is 11.4. The zero-order valence-electron chi connectivity index (χ0n) is 18.3. The van der Waals surface area contributed by atoms with E-state index in [1.54, 1.807) is 0 Å². The Morgan fingerprint density at radius 1 is 0.935 bits per heavy atom. The molecule has 2 fully saturated rings. The number of likely N-dealkylation sites (N-methyl/N-ethyl adjacent to an activating group) is 1. The minimum Gasteiger partial charge on any atom is -0.326 e. The van der Waals surface area contributed by atoms with E-state index in [1.807, 2.05) is 6.07 Å². The lowest BCUT2D eigenvalue weighted by molar-refractivity contribution is -0.117. The number of hydrogen-bond donors (Lipinski definition) is 1. The largest absolute Gasteiger partial charge is 0.326 e. The summed E-state index contributed by atoms with van der Waals surface area (Å²) in [7, 11) is 2.19. The summed E-state index contributed by atoms with van der Waals surface area (Å²) in [4.78, 5) is 17.8. The van der Waals surface area contributed by atoms with Crippen LogP contribution in [0.15, 0.2) is 66.7 Å². The molecule has 3 aromatic rings. The highest BCUT2D eigenvalue weighted by atomic mass is 16.2. The Balaban J connectivity index is 1.17. The third kappa shape index (κ3) is 4.81. The molecule has 0 spiro atoms. The zero-order chi connectivity index (χ0) is 21.2. The van der Waals surface area contributed by atoms with Gasteiger partial charge in [-0.25, -0.2) is 0 Å². The molecule has 5 rings (SSSR count). The van der Waals surface area contributed by atoms with Crippen LogP contribution in [0.25, 0.3) is 10.8 Å². The average molecular weight is 414 g/mol. The molecular weight excluding hydrogens is 382 g/mol. The maximum atomic E-state index is 12.8. The molecule has 0 radical (unpaired) electrons. The van der Waals surface area contributed by atoms with Crippen LogP contribution >= 0.6 is 0 Å². The van der Waals surface area contributed by atoms with Gasteiger partial charge in [0, 0.05) is 44.3 Å². The van der Waals surface area contributed by atoms with Gasteiger partial charge in [-0.1, -0.05) is 54.6 Å². The lowest BCUT2D eigenvalue weighted by Gasteiger charge is -2.32. The summed E-state index contributed by atoms with van der Waals surface area (Å²) in [6.07, 6.45) is 1.96. The van der Waals surface area contributed by atoms with Gasteiger partial charge in [-0.2, -0.15) is 0 Å². The highest BCUT2D eigenvalue weighted by Gasteiger charge is 2.44. The lowest BCUT2D eigenvalue weighted by atomic mass is 10.0. The fourth-order valence-electron chi connectivity index (χ4n) is 4.69. The molecule has 1 aliphatic carbocycles. The van der Waals surface area contributed by atoms with E-state index in [1.165, 1.54) is 21.9 Å². The molecule has 1 aliphatic heterocycles.